The van der Waals surface area contributed by atoms with Gasteiger partial charge in [-0.05, 0) is 61.6 Å². The van der Waals surface area contributed by atoms with Crippen LogP contribution in [0, 0.1) is 17.3 Å². The van der Waals surface area contributed by atoms with Crippen LogP contribution in [0.4, 0.5) is 0 Å². The van der Waals surface area contributed by atoms with Crippen molar-refractivity contribution in [2.75, 3.05) is 0 Å². The molecule has 0 nitrogen and oxygen atoms in total. The minimum atomic E-state index is 0.0575. The molecular weight excluding hydrogens is 228 g/mol. The molecule has 0 saturated heterocycles. The normalized spacial score (nSPS) is 12.4. The highest BCUT2D eigenvalue weighted by Crippen LogP contribution is 2.36. The first kappa shape index (κ1) is 12.1. The number of hydrogen-bond acceptors (Lipinski definition) is 0. The Balaban J connectivity index is 2.00. The van der Waals surface area contributed by atoms with Crippen LogP contribution in [0.25, 0.3) is 11.1 Å². The van der Waals surface area contributed by atoms with Crippen LogP contribution in [0.1, 0.15) is 37.5 Å². The summed E-state index contributed by atoms with van der Waals surface area (Å²) in [5.74, 6) is 6.59. The molecule has 1 aliphatic rings. The summed E-state index contributed by atoms with van der Waals surface area (Å²) in [4.78, 5) is 0. The molecule has 1 aliphatic carbocycles. The summed E-state index contributed by atoms with van der Waals surface area (Å²) < 4.78 is 0. The zero-order valence-corrected chi connectivity index (χ0v) is 11.7. The Labute approximate surface area is 115 Å². The second-order valence-electron chi connectivity index (χ2n) is 6.21. The van der Waals surface area contributed by atoms with Gasteiger partial charge in [-0.1, -0.05) is 42.2 Å². The molecule has 0 spiro atoms. The third kappa shape index (κ3) is 2.42. The number of fused-ring (bicyclic) bond motifs is 3. The predicted octanol–water partition coefficient (Wildman–Crippen LogP) is 4.66. The van der Waals surface area contributed by atoms with Crippen molar-refractivity contribution in [2.45, 2.75) is 27.2 Å². The van der Waals surface area contributed by atoms with Crippen LogP contribution in [0.5, 0.6) is 0 Å². The molecule has 2 aromatic rings. The Morgan fingerprint density at radius 1 is 0.895 bits per heavy atom. The van der Waals surface area contributed by atoms with Crippen molar-refractivity contribution in [3.8, 4) is 23.0 Å². The zero-order chi connectivity index (χ0) is 13.5. The summed E-state index contributed by atoms with van der Waals surface area (Å²) in [6.07, 6.45) is 1.04. The Morgan fingerprint density at radius 2 is 1.63 bits per heavy atom. The average Bonchev–Trinajstić information content (AvgIpc) is 2.73. The van der Waals surface area contributed by atoms with Gasteiger partial charge in [-0.15, -0.1) is 0 Å². The fourth-order valence-corrected chi connectivity index (χ4v) is 2.48. The Bertz CT molecular complexity index is 688. The lowest BCUT2D eigenvalue weighted by Gasteiger charge is -2.07. The van der Waals surface area contributed by atoms with E-state index < -0.39 is 0 Å². The molecule has 0 amide bonds. The fourth-order valence-electron chi connectivity index (χ4n) is 2.48. The standard InChI is InChI=1S/C19H18/c1-19(2,3)11-10-14-8-9-18-16(12-14)13-15-6-4-5-7-17(15)18/h4-9,12H,13H2,1-3H3. The van der Waals surface area contributed by atoms with E-state index >= 15 is 0 Å². The summed E-state index contributed by atoms with van der Waals surface area (Å²) in [7, 11) is 0. The van der Waals surface area contributed by atoms with Gasteiger partial charge < -0.3 is 0 Å². The van der Waals surface area contributed by atoms with Crippen LogP contribution in [0.15, 0.2) is 42.5 Å². The number of benzene rings is 2. The minimum Gasteiger partial charge on any atom is -0.0920 e. The van der Waals surface area contributed by atoms with E-state index in [9.17, 15) is 0 Å². The SMILES string of the molecule is CC(C)(C)C#Cc1ccc2c(c1)Cc1ccccc1-2. The highest BCUT2D eigenvalue weighted by molar-refractivity contribution is 5.77. The van der Waals surface area contributed by atoms with Crippen LogP contribution in [-0.4, -0.2) is 0 Å². The Kier molecular flexibility index (Phi) is 2.72. The summed E-state index contributed by atoms with van der Waals surface area (Å²) >= 11 is 0. The first-order valence-electron chi connectivity index (χ1n) is 6.77. The van der Waals surface area contributed by atoms with Crippen molar-refractivity contribution in [1.29, 1.82) is 0 Å². The Morgan fingerprint density at radius 3 is 2.42 bits per heavy atom. The zero-order valence-electron chi connectivity index (χ0n) is 11.7. The van der Waals surface area contributed by atoms with Crippen molar-refractivity contribution in [2.24, 2.45) is 5.41 Å². The molecule has 0 aliphatic heterocycles. The molecule has 0 aromatic heterocycles. The molecule has 0 N–H and O–H groups in total. The van der Waals surface area contributed by atoms with Crippen molar-refractivity contribution < 1.29 is 0 Å². The predicted molar refractivity (Wildman–Crippen MR) is 81.0 cm³/mol. The molecular formula is C19H18. The van der Waals surface area contributed by atoms with E-state index in [4.69, 9.17) is 0 Å². The summed E-state index contributed by atoms with van der Waals surface area (Å²) in [6, 6.07) is 15.3. The minimum absolute atomic E-state index is 0.0575. The van der Waals surface area contributed by atoms with E-state index in [0.717, 1.165) is 12.0 Å². The van der Waals surface area contributed by atoms with Gasteiger partial charge in [0.2, 0.25) is 0 Å². The largest absolute Gasteiger partial charge is 0.0920 e. The van der Waals surface area contributed by atoms with Crippen LogP contribution < -0.4 is 0 Å². The molecule has 0 atom stereocenters. The maximum atomic E-state index is 3.30. The maximum absolute atomic E-state index is 3.30. The lowest BCUT2D eigenvalue weighted by molar-refractivity contribution is 0.571. The van der Waals surface area contributed by atoms with Gasteiger partial charge in [-0.2, -0.15) is 0 Å². The lowest BCUT2D eigenvalue weighted by Crippen LogP contribution is -1.99. The van der Waals surface area contributed by atoms with Gasteiger partial charge in [-0.25, -0.2) is 0 Å². The molecule has 19 heavy (non-hydrogen) atoms. The molecule has 94 valence electrons. The first-order valence-corrected chi connectivity index (χ1v) is 6.77. The van der Waals surface area contributed by atoms with E-state index in [1.165, 1.54) is 22.3 Å². The fraction of sp³-hybridized carbons (Fsp3) is 0.263. The van der Waals surface area contributed by atoms with Gasteiger partial charge in [0.15, 0.2) is 0 Å². The molecule has 2 aromatic carbocycles. The highest BCUT2D eigenvalue weighted by atomic mass is 14.2. The van der Waals surface area contributed by atoms with Crippen LogP contribution in [0.3, 0.4) is 0 Å². The van der Waals surface area contributed by atoms with Gasteiger partial charge in [0.1, 0.15) is 0 Å². The third-order valence-corrected chi connectivity index (χ3v) is 3.38. The van der Waals surface area contributed by atoms with Gasteiger partial charge in [-0.3, -0.25) is 0 Å². The number of rotatable bonds is 0. The monoisotopic (exact) mass is 246 g/mol. The van der Waals surface area contributed by atoms with Gasteiger partial charge >= 0.3 is 0 Å². The second kappa shape index (κ2) is 4.28. The molecule has 0 saturated carbocycles. The van der Waals surface area contributed by atoms with E-state index in [1.807, 2.05) is 0 Å². The third-order valence-electron chi connectivity index (χ3n) is 3.38. The molecule has 0 bridgehead atoms. The molecule has 0 unspecified atom stereocenters. The van der Waals surface area contributed by atoms with Gasteiger partial charge in [0, 0.05) is 11.0 Å². The molecule has 0 heterocycles. The van der Waals surface area contributed by atoms with Crippen LogP contribution >= 0.6 is 0 Å². The average molecular weight is 246 g/mol. The number of hydrogen-bond donors (Lipinski definition) is 0. The summed E-state index contributed by atoms with van der Waals surface area (Å²) in [6.45, 7) is 6.43. The van der Waals surface area contributed by atoms with Crippen molar-refractivity contribution in [3.63, 3.8) is 0 Å². The smallest absolute Gasteiger partial charge is 0.0248 e. The van der Waals surface area contributed by atoms with Gasteiger partial charge in [0.05, 0.1) is 0 Å². The van der Waals surface area contributed by atoms with Crippen molar-refractivity contribution >= 4 is 0 Å². The first-order chi connectivity index (χ1) is 9.03. The van der Waals surface area contributed by atoms with Crippen molar-refractivity contribution in [3.05, 3.63) is 59.2 Å². The topological polar surface area (TPSA) is 0 Å². The quantitative estimate of drug-likeness (QED) is 0.506. The van der Waals surface area contributed by atoms with Crippen LogP contribution in [-0.2, 0) is 6.42 Å². The maximum Gasteiger partial charge on any atom is 0.0248 e. The van der Waals surface area contributed by atoms with E-state index in [-0.39, 0.29) is 5.41 Å². The second-order valence-corrected chi connectivity index (χ2v) is 6.21. The highest BCUT2D eigenvalue weighted by Gasteiger charge is 2.17. The van der Waals surface area contributed by atoms with Crippen molar-refractivity contribution in [1.82, 2.24) is 0 Å². The van der Waals surface area contributed by atoms with Crippen LogP contribution in [0.2, 0.25) is 0 Å². The molecule has 0 fully saturated rings. The lowest BCUT2D eigenvalue weighted by atomic mass is 9.97. The van der Waals surface area contributed by atoms with E-state index in [2.05, 4.69) is 75.1 Å². The molecule has 0 radical (unpaired) electrons. The van der Waals surface area contributed by atoms with Gasteiger partial charge in [0.25, 0.3) is 0 Å². The van der Waals surface area contributed by atoms with E-state index in [0.29, 0.717) is 0 Å². The summed E-state index contributed by atoms with van der Waals surface area (Å²) in [5, 5.41) is 0. The van der Waals surface area contributed by atoms with E-state index in [1.54, 1.807) is 0 Å². The molecule has 3 rings (SSSR count). The molecule has 0 heteroatoms. The summed E-state index contributed by atoms with van der Waals surface area (Å²) in [5.41, 5.74) is 6.77. The Hall–Kier alpha value is -2.00.